The largest absolute Gasteiger partial charge is 0.466 e. The van der Waals surface area contributed by atoms with Crippen molar-refractivity contribution in [2.75, 3.05) is 6.61 Å². The van der Waals surface area contributed by atoms with Crippen LogP contribution in [0.3, 0.4) is 0 Å². The predicted molar refractivity (Wildman–Crippen MR) is 108 cm³/mol. The Morgan fingerprint density at radius 2 is 1.89 bits per heavy atom. The third kappa shape index (κ3) is 4.58. The van der Waals surface area contributed by atoms with Crippen LogP contribution in [0.25, 0.3) is 0 Å². The Morgan fingerprint density at radius 3 is 2.36 bits per heavy atom. The molecular weight excluding hydrogens is 358 g/mol. The Labute approximate surface area is 169 Å². The van der Waals surface area contributed by atoms with E-state index >= 15 is 0 Å². The molecule has 0 radical (unpaired) electrons. The number of carbonyl (C=O) groups excluding carboxylic acids is 2. The minimum Gasteiger partial charge on any atom is -0.466 e. The van der Waals surface area contributed by atoms with Crippen LogP contribution >= 0.6 is 0 Å². The molecule has 0 heterocycles. The number of aliphatic hydroxyl groups is 1. The second kappa shape index (κ2) is 7.77. The lowest BCUT2D eigenvalue weighted by Crippen LogP contribution is -2.65. The van der Waals surface area contributed by atoms with E-state index in [1.165, 1.54) is 0 Å². The molecule has 0 aromatic carbocycles. The maximum Gasteiger partial charge on any atom is 0.331 e. The van der Waals surface area contributed by atoms with Crippen LogP contribution in [0.5, 0.6) is 0 Å². The summed E-state index contributed by atoms with van der Waals surface area (Å²) >= 11 is 0. The maximum absolute atomic E-state index is 12.9. The second-order valence-corrected chi connectivity index (χ2v) is 10.2. The number of ether oxygens (including phenoxy) is 2. The third-order valence-electron chi connectivity index (χ3n) is 6.45. The van der Waals surface area contributed by atoms with E-state index in [1.54, 1.807) is 41.5 Å². The van der Waals surface area contributed by atoms with Crippen LogP contribution in [0.1, 0.15) is 74.7 Å². The monoisotopic (exact) mass is 395 g/mol. The van der Waals surface area contributed by atoms with E-state index in [9.17, 15) is 14.7 Å². The van der Waals surface area contributed by atoms with E-state index in [0.29, 0.717) is 24.7 Å². The molecule has 0 unspecified atom stereocenters. The van der Waals surface area contributed by atoms with Gasteiger partial charge in [-0.3, -0.25) is 9.79 Å². The minimum absolute atomic E-state index is 0.0699. The first-order valence-corrected chi connectivity index (χ1v) is 10.4. The van der Waals surface area contributed by atoms with Gasteiger partial charge >= 0.3 is 11.9 Å². The fourth-order valence-electron chi connectivity index (χ4n) is 4.68. The smallest absolute Gasteiger partial charge is 0.331 e. The Bertz CT molecular complexity index is 644. The van der Waals surface area contributed by atoms with E-state index in [4.69, 9.17) is 14.5 Å². The van der Waals surface area contributed by atoms with E-state index in [2.05, 4.69) is 13.8 Å². The second-order valence-electron chi connectivity index (χ2n) is 10.2. The Morgan fingerprint density at radius 1 is 1.29 bits per heavy atom. The summed E-state index contributed by atoms with van der Waals surface area (Å²) in [7, 11) is 0. The Hall–Kier alpha value is -1.43. The highest BCUT2D eigenvalue weighted by molar-refractivity contribution is 5.96. The van der Waals surface area contributed by atoms with Crippen molar-refractivity contribution in [2.45, 2.75) is 91.9 Å². The number of rotatable bonds is 6. The zero-order chi connectivity index (χ0) is 21.5. The molecule has 2 bridgehead atoms. The molecule has 3 fully saturated rings. The quantitative estimate of drug-likeness (QED) is 0.695. The van der Waals surface area contributed by atoms with Gasteiger partial charge in [-0.2, -0.15) is 0 Å². The summed E-state index contributed by atoms with van der Waals surface area (Å²) in [5.41, 5.74) is -0.985. The van der Waals surface area contributed by atoms with Crippen LogP contribution in [0.2, 0.25) is 0 Å². The van der Waals surface area contributed by atoms with Crippen LogP contribution in [0.15, 0.2) is 4.99 Å². The van der Waals surface area contributed by atoms with Gasteiger partial charge in [0.05, 0.1) is 13.0 Å². The van der Waals surface area contributed by atoms with E-state index < -0.39 is 23.2 Å². The number of nitrogens with zero attached hydrogens (tertiary/aromatic N) is 1. The molecule has 6 heteroatoms. The normalized spacial score (nSPS) is 32.2. The van der Waals surface area contributed by atoms with Gasteiger partial charge in [-0.15, -0.1) is 0 Å². The Kier molecular flexibility index (Phi) is 6.34. The topological polar surface area (TPSA) is 85.2 Å². The van der Waals surface area contributed by atoms with Gasteiger partial charge in [0.2, 0.25) is 0 Å². The van der Waals surface area contributed by atoms with E-state index in [0.717, 1.165) is 6.42 Å². The number of fused-ring (bicyclic) bond motifs is 2. The summed E-state index contributed by atoms with van der Waals surface area (Å²) in [6.07, 6.45) is 1.73. The average molecular weight is 396 g/mol. The van der Waals surface area contributed by atoms with Crippen molar-refractivity contribution in [3.63, 3.8) is 0 Å². The number of hydrogen-bond acceptors (Lipinski definition) is 6. The lowest BCUT2D eigenvalue weighted by atomic mass is 9.44. The molecule has 1 N–H and O–H groups in total. The lowest BCUT2D eigenvalue weighted by molar-refractivity contribution is -0.158. The van der Waals surface area contributed by atoms with Gasteiger partial charge in [0.25, 0.3) is 0 Å². The summed E-state index contributed by atoms with van der Waals surface area (Å²) in [5, 5.41) is 11.2. The van der Waals surface area contributed by atoms with Crippen LogP contribution in [-0.2, 0) is 19.1 Å². The van der Waals surface area contributed by atoms with Crippen LogP contribution in [0, 0.1) is 23.2 Å². The van der Waals surface area contributed by atoms with Crippen molar-refractivity contribution >= 4 is 17.7 Å². The van der Waals surface area contributed by atoms with E-state index in [-0.39, 0.29) is 29.6 Å². The molecule has 160 valence electrons. The standard InChI is InChI=1S/C22H37NO5/c1-9-27-17(24)10-13(2)18(19(25)28-20(3,4)5)23-16-12-14-11-15(21(14,6)7)22(16,8)26/h13-15,18,26H,9-12H2,1-8H3/t13-,14-,15-,18+,22-/m1/s1. The van der Waals surface area contributed by atoms with Gasteiger partial charge < -0.3 is 14.6 Å². The molecule has 3 saturated carbocycles. The third-order valence-corrected chi connectivity index (χ3v) is 6.45. The van der Waals surface area contributed by atoms with Gasteiger partial charge in [-0.05, 0) is 70.6 Å². The fraction of sp³-hybridized carbons (Fsp3) is 0.864. The number of aliphatic imine (C=N–C) groups is 1. The van der Waals surface area contributed by atoms with Crippen LogP contribution in [-0.4, -0.2) is 46.6 Å². The van der Waals surface area contributed by atoms with Gasteiger partial charge in [0.15, 0.2) is 6.04 Å². The molecule has 0 saturated heterocycles. The fourth-order valence-corrected chi connectivity index (χ4v) is 4.68. The van der Waals surface area contributed by atoms with Gasteiger partial charge in [-0.1, -0.05) is 20.8 Å². The molecule has 0 aliphatic heterocycles. The molecular formula is C22H37NO5. The summed E-state index contributed by atoms with van der Waals surface area (Å²) in [6, 6.07) is -0.842. The Balaban J connectivity index is 2.30. The van der Waals surface area contributed by atoms with Gasteiger partial charge in [-0.25, -0.2) is 4.79 Å². The highest BCUT2D eigenvalue weighted by Crippen LogP contribution is 2.61. The summed E-state index contributed by atoms with van der Waals surface area (Å²) in [5.74, 6) is -0.633. The zero-order valence-corrected chi connectivity index (χ0v) is 18.7. The first kappa shape index (κ1) is 22.9. The molecule has 0 spiro atoms. The molecule has 3 aliphatic rings. The molecule has 3 rings (SSSR count). The number of carbonyl (C=O) groups is 2. The van der Waals surface area contributed by atoms with Gasteiger partial charge in [0.1, 0.15) is 11.2 Å². The van der Waals surface area contributed by atoms with Crippen molar-refractivity contribution in [3.05, 3.63) is 0 Å². The molecule has 6 nitrogen and oxygen atoms in total. The lowest BCUT2D eigenvalue weighted by Gasteiger charge is -2.62. The summed E-state index contributed by atoms with van der Waals surface area (Å²) < 4.78 is 10.6. The van der Waals surface area contributed by atoms with Crippen molar-refractivity contribution < 1.29 is 24.2 Å². The predicted octanol–water partition coefficient (Wildman–Crippen LogP) is 3.54. The first-order chi connectivity index (χ1) is 12.7. The minimum atomic E-state index is -1.05. The van der Waals surface area contributed by atoms with Crippen molar-refractivity contribution in [1.29, 1.82) is 0 Å². The molecule has 28 heavy (non-hydrogen) atoms. The van der Waals surface area contributed by atoms with Crippen LogP contribution < -0.4 is 0 Å². The molecule has 5 atom stereocenters. The molecule has 0 aromatic heterocycles. The summed E-state index contributed by atoms with van der Waals surface area (Å²) in [4.78, 5) is 29.6. The highest BCUT2D eigenvalue weighted by Gasteiger charge is 2.61. The maximum atomic E-state index is 12.9. The first-order valence-electron chi connectivity index (χ1n) is 10.4. The van der Waals surface area contributed by atoms with Crippen molar-refractivity contribution in [3.8, 4) is 0 Å². The molecule has 0 amide bonds. The van der Waals surface area contributed by atoms with Crippen LogP contribution in [0.4, 0.5) is 0 Å². The van der Waals surface area contributed by atoms with Crippen molar-refractivity contribution in [2.24, 2.45) is 28.2 Å². The SMILES string of the molecule is CCOC(=O)C[C@@H](C)[C@H](N=C1C[C@H]2C[C@H](C2(C)C)[C@@]1(C)O)C(=O)OC(C)(C)C. The number of esters is 2. The van der Waals surface area contributed by atoms with E-state index in [1.807, 2.05) is 0 Å². The van der Waals surface area contributed by atoms with Gasteiger partial charge in [0, 0.05) is 5.71 Å². The zero-order valence-electron chi connectivity index (χ0n) is 18.7. The molecule has 0 aromatic rings. The average Bonchev–Trinajstić information content (AvgIpc) is 2.50. The highest BCUT2D eigenvalue weighted by atomic mass is 16.6. The molecule has 3 aliphatic carbocycles. The number of hydrogen-bond donors (Lipinski definition) is 1. The van der Waals surface area contributed by atoms with Crippen molar-refractivity contribution in [1.82, 2.24) is 0 Å². The summed E-state index contributed by atoms with van der Waals surface area (Å²) in [6.45, 7) is 15.4.